The van der Waals surface area contributed by atoms with Crippen molar-refractivity contribution in [3.63, 3.8) is 0 Å². The first kappa shape index (κ1) is 12.9. The van der Waals surface area contributed by atoms with E-state index < -0.39 is 10.8 Å². The van der Waals surface area contributed by atoms with E-state index in [1.165, 1.54) is 0 Å². The van der Waals surface area contributed by atoms with Crippen molar-refractivity contribution in [3.8, 4) is 0 Å². The molecule has 1 aromatic carbocycles. The molecule has 0 bridgehead atoms. The van der Waals surface area contributed by atoms with E-state index in [1.54, 1.807) is 12.1 Å². The quantitative estimate of drug-likeness (QED) is 0.595. The van der Waals surface area contributed by atoms with Crippen LogP contribution in [0.1, 0.15) is 48.9 Å². The molecular weight excluding hydrogens is 264 g/mol. The lowest BCUT2D eigenvalue weighted by Crippen LogP contribution is -2.38. The maximum Gasteiger partial charge on any atom is 0.176 e. The fraction of sp³-hybridized carbons (Fsp3) is 0.500. The third-order valence-corrected chi connectivity index (χ3v) is 5.26. The summed E-state index contributed by atoms with van der Waals surface area (Å²) >= 11 is 0. The van der Waals surface area contributed by atoms with Gasteiger partial charge in [-0.25, -0.2) is 0 Å². The number of rotatable bonds is 6. The Morgan fingerprint density at radius 1 is 0.857 bits per heavy atom. The van der Waals surface area contributed by atoms with E-state index in [-0.39, 0.29) is 23.3 Å². The number of carbonyl (C=O) groups excluding carboxylic acids is 3. The topological polar surface area (TPSA) is 51.2 Å². The van der Waals surface area contributed by atoms with E-state index in [0.29, 0.717) is 31.2 Å². The van der Waals surface area contributed by atoms with Gasteiger partial charge < -0.3 is 0 Å². The van der Waals surface area contributed by atoms with Gasteiger partial charge in [-0.05, 0) is 38.5 Å². The van der Waals surface area contributed by atoms with Crippen molar-refractivity contribution in [2.45, 2.75) is 38.5 Å². The molecule has 0 heterocycles. The molecular formula is C18H18O3. The number of hydrogen-bond donors (Lipinski definition) is 0. The van der Waals surface area contributed by atoms with Crippen LogP contribution in [0.25, 0.3) is 0 Å². The third kappa shape index (κ3) is 1.83. The van der Waals surface area contributed by atoms with Gasteiger partial charge in [0.1, 0.15) is 5.78 Å². The van der Waals surface area contributed by atoms with Crippen LogP contribution in [-0.2, 0) is 9.59 Å². The zero-order valence-corrected chi connectivity index (χ0v) is 11.9. The standard InChI is InChI=1S/C18H18O3/c19-14(12-4-2-1-3-5-12)17(8-9-17)16(21)18(10-11-18)15(20)13-6-7-13/h1-5,13H,6-11H2. The summed E-state index contributed by atoms with van der Waals surface area (Å²) in [5, 5.41) is 0. The van der Waals surface area contributed by atoms with Crippen LogP contribution in [-0.4, -0.2) is 17.3 Å². The average molecular weight is 282 g/mol. The summed E-state index contributed by atoms with van der Waals surface area (Å²) in [5.41, 5.74) is -1.08. The van der Waals surface area contributed by atoms with E-state index >= 15 is 0 Å². The van der Waals surface area contributed by atoms with Crippen LogP contribution in [0.3, 0.4) is 0 Å². The maximum atomic E-state index is 13.0. The fourth-order valence-corrected chi connectivity index (χ4v) is 3.45. The Kier molecular flexibility index (Phi) is 2.54. The normalized spacial score (nSPS) is 24.2. The van der Waals surface area contributed by atoms with Gasteiger partial charge in [0, 0.05) is 11.5 Å². The molecule has 21 heavy (non-hydrogen) atoms. The minimum atomic E-state index is -0.887. The third-order valence-electron chi connectivity index (χ3n) is 5.26. The summed E-state index contributed by atoms with van der Waals surface area (Å²) in [4.78, 5) is 38.1. The highest BCUT2D eigenvalue weighted by molar-refractivity contribution is 6.24. The zero-order chi connectivity index (χ0) is 14.7. The summed E-state index contributed by atoms with van der Waals surface area (Å²) in [6, 6.07) is 9.01. The largest absolute Gasteiger partial charge is 0.298 e. The predicted molar refractivity (Wildman–Crippen MR) is 76.8 cm³/mol. The Morgan fingerprint density at radius 2 is 1.43 bits per heavy atom. The summed E-state index contributed by atoms with van der Waals surface area (Å²) in [6.07, 6.45) is 4.38. The molecule has 3 aliphatic carbocycles. The van der Waals surface area contributed by atoms with Crippen molar-refractivity contribution in [2.24, 2.45) is 16.7 Å². The van der Waals surface area contributed by atoms with Gasteiger partial charge >= 0.3 is 0 Å². The number of ketones is 3. The van der Waals surface area contributed by atoms with Crippen molar-refractivity contribution in [3.05, 3.63) is 35.9 Å². The Hall–Kier alpha value is -1.77. The molecule has 0 N–H and O–H groups in total. The number of hydrogen-bond acceptors (Lipinski definition) is 3. The van der Waals surface area contributed by atoms with Crippen molar-refractivity contribution in [1.29, 1.82) is 0 Å². The molecule has 0 atom stereocenters. The van der Waals surface area contributed by atoms with Crippen LogP contribution in [0, 0.1) is 16.7 Å². The molecule has 0 radical (unpaired) electrons. The molecule has 0 aliphatic heterocycles. The first-order valence-electron chi connectivity index (χ1n) is 7.79. The lowest BCUT2D eigenvalue weighted by molar-refractivity contribution is -0.137. The van der Waals surface area contributed by atoms with E-state index in [2.05, 4.69) is 0 Å². The van der Waals surface area contributed by atoms with Gasteiger partial charge in [-0.15, -0.1) is 0 Å². The number of carbonyl (C=O) groups is 3. The van der Waals surface area contributed by atoms with E-state index in [1.807, 2.05) is 18.2 Å². The Morgan fingerprint density at radius 3 is 1.90 bits per heavy atom. The van der Waals surface area contributed by atoms with Gasteiger partial charge in [0.2, 0.25) is 0 Å². The van der Waals surface area contributed by atoms with Gasteiger partial charge in [0.25, 0.3) is 0 Å². The molecule has 0 amide bonds. The molecule has 0 aromatic heterocycles. The molecule has 108 valence electrons. The number of Topliss-reactive ketones (excluding diaryl/α,β-unsaturated/α-hetero) is 3. The second-order valence-corrected chi connectivity index (χ2v) is 6.83. The molecule has 3 heteroatoms. The maximum absolute atomic E-state index is 13.0. The van der Waals surface area contributed by atoms with Gasteiger partial charge in [0.05, 0.1) is 10.8 Å². The second-order valence-electron chi connectivity index (χ2n) is 6.83. The highest BCUT2D eigenvalue weighted by Crippen LogP contribution is 2.62. The monoisotopic (exact) mass is 282 g/mol. The summed E-state index contributed by atoms with van der Waals surface area (Å²) in [7, 11) is 0. The fourth-order valence-electron chi connectivity index (χ4n) is 3.45. The minimum absolute atomic E-state index is 0.0687. The first-order chi connectivity index (χ1) is 10.1. The van der Waals surface area contributed by atoms with Gasteiger partial charge in [-0.2, -0.15) is 0 Å². The van der Waals surface area contributed by atoms with Crippen LogP contribution >= 0.6 is 0 Å². The zero-order valence-electron chi connectivity index (χ0n) is 11.9. The van der Waals surface area contributed by atoms with Crippen molar-refractivity contribution in [2.75, 3.05) is 0 Å². The van der Waals surface area contributed by atoms with Gasteiger partial charge in [0.15, 0.2) is 11.6 Å². The lowest BCUT2D eigenvalue weighted by Gasteiger charge is -2.19. The first-order valence-corrected chi connectivity index (χ1v) is 7.79. The SMILES string of the molecule is O=C(c1ccccc1)C1(C(=O)C2(C(=O)C3CC3)CC2)CC1. The molecule has 3 aliphatic rings. The molecule has 3 fully saturated rings. The van der Waals surface area contributed by atoms with Crippen molar-refractivity contribution < 1.29 is 14.4 Å². The Balaban J connectivity index is 1.62. The minimum Gasteiger partial charge on any atom is -0.298 e. The highest BCUT2D eigenvalue weighted by atomic mass is 16.2. The molecule has 0 unspecified atom stereocenters. The highest BCUT2D eigenvalue weighted by Gasteiger charge is 2.69. The Bertz CT molecular complexity index is 632. The molecule has 0 saturated heterocycles. The second kappa shape index (κ2) is 4.12. The average Bonchev–Trinajstić information content (AvgIpc) is 3.42. The lowest BCUT2D eigenvalue weighted by atomic mass is 9.79. The van der Waals surface area contributed by atoms with Crippen LogP contribution in [0.5, 0.6) is 0 Å². The van der Waals surface area contributed by atoms with E-state index in [0.717, 1.165) is 12.8 Å². The van der Waals surface area contributed by atoms with E-state index in [9.17, 15) is 14.4 Å². The van der Waals surface area contributed by atoms with Crippen LogP contribution in [0.2, 0.25) is 0 Å². The molecule has 1 aromatic rings. The summed E-state index contributed by atoms with van der Waals surface area (Å²) in [5.74, 6) is 0.0717. The number of benzene rings is 1. The van der Waals surface area contributed by atoms with Crippen LogP contribution in [0.4, 0.5) is 0 Å². The summed E-state index contributed by atoms with van der Waals surface area (Å²) < 4.78 is 0. The molecule has 3 nitrogen and oxygen atoms in total. The van der Waals surface area contributed by atoms with Crippen molar-refractivity contribution >= 4 is 17.3 Å². The molecule has 3 saturated carbocycles. The summed E-state index contributed by atoms with van der Waals surface area (Å²) in [6.45, 7) is 0. The Labute approximate surface area is 123 Å². The van der Waals surface area contributed by atoms with Gasteiger partial charge in [-0.3, -0.25) is 14.4 Å². The van der Waals surface area contributed by atoms with Gasteiger partial charge in [-0.1, -0.05) is 30.3 Å². The smallest absolute Gasteiger partial charge is 0.176 e. The van der Waals surface area contributed by atoms with Crippen LogP contribution < -0.4 is 0 Å². The van der Waals surface area contributed by atoms with Crippen molar-refractivity contribution in [1.82, 2.24) is 0 Å². The molecule has 4 rings (SSSR count). The van der Waals surface area contributed by atoms with E-state index in [4.69, 9.17) is 0 Å². The predicted octanol–water partition coefficient (Wildman–Crippen LogP) is 2.98. The molecule has 0 spiro atoms. The van der Waals surface area contributed by atoms with Crippen LogP contribution in [0.15, 0.2) is 30.3 Å².